The summed E-state index contributed by atoms with van der Waals surface area (Å²) in [5, 5.41) is 0. The van der Waals surface area contributed by atoms with Crippen molar-refractivity contribution in [3.63, 3.8) is 0 Å². The van der Waals surface area contributed by atoms with Crippen LogP contribution in [0.3, 0.4) is 0 Å². The molecule has 1 heterocycles. The molecule has 0 aliphatic rings. The molecule has 0 aromatic carbocycles. The lowest BCUT2D eigenvalue weighted by Gasteiger charge is -2.31. The number of esters is 3. The van der Waals surface area contributed by atoms with Gasteiger partial charge >= 0.3 is 17.9 Å². The monoisotopic (exact) mass is 309 g/mol. The van der Waals surface area contributed by atoms with Crippen molar-refractivity contribution >= 4 is 17.9 Å². The molecule has 0 N–H and O–H groups in total. The average molecular weight is 309 g/mol. The minimum absolute atomic E-state index is 0.125. The molecule has 0 amide bonds. The van der Waals surface area contributed by atoms with Gasteiger partial charge in [-0.15, -0.1) is 0 Å². The largest absolute Gasteiger partial charge is 0.465 e. The van der Waals surface area contributed by atoms with Gasteiger partial charge in [-0.1, -0.05) is 6.07 Å². The van der Waals surface area contributed by atoms with E-state index in [4.69, 9.17) is 14.2 Å². The second-order valence-electron chi connectivity index (χ2n) is 4.84. The predicted molar refractivity (Wildman–Crippen MR) is 75.8 cm³/mol. The second-order valence-corrected chi connectivity index (χ2v) is 4.84. The van der Waals surface area contributed by atoms with Crippen LogP contribution in [0.4, 0.5) is 0 Å². The van der Waals surface area contributed by atoms with Crippen LogP contribution in [0.1, 0.15) is 26.5 Å². The Balaban J connectivity index is 3.11. The van der Waals surface area contributed by atoms with E-state index in [1.165, 1.54) is 20.8 Å². The topological polar surface area (TPSA) is 91.8 Å². The van der Waals surface area contributed by atoms with E-state index in [0.29, 0.717) is 5.69 Å². The number of pyridine rings is 1. The van der Waals surface area contributed by atoms with Crippen LogP contribution in [-0.2, 0) is 34.0 Å². The number of hydrogen-bond acceptors (Lipinski definition) is 7. The first-order valence-electron chi connectivity index (χ1n) is 6.67. The molecule has 7 heteroatoms. The first-order chi connectivity index (χ1) is 10.4. The summed E-state index contributed by atoms with van der Waals surface area (Å²) >= 11 is 0. The first-order valence-corrected chi connectivity index (χ1v) is 6.67. The molecule has 0 fully saturated rings. The van der Waals surface area contributed by atoms with E-state index in [0.717, 1.165) is 0 Å². The minimum atomic E-state index is -1.05. The molecule has 1 aromatic rings. The third-order valence-electron chi connectivity index (χ3n) is 2.86. The van der Waals surface area contributed by atoms with Gasteiger partial charge in [-0.2, -0.15) is 0 Å². The molecule has 0 aliphatic carbocycles. The summed E-state index contributed by atoms with van der Waals surface area (Å²) in [6, 6.07) is 5.15. The SMILES string of the molecule is CC(=O)OCC(COC(C)=O)(COC(C)=O)c1ccccn1. The lowest BCUT2D eigenvalue weighted by atomic mass is 9.86. The third-order valence-corrected chi connectivity index (χ3v) is 2.86. The van der Waals surface area contributed by atoms with Gasteiger partial charge in [-0.3, -0.25) is 19.4 Å². The van der Waals surface area contributed by atoms with Crippen LogP contribution in [-0.4, -0.2) is 42.7 Å². The van der Waals surface area contributed by atoms with Crippen LogP contribution in [0, 0.1) is 0 Å². The summed E-state index contributed by atoms with van der Waals surface area (Å²) in [6.07, 6.45) is 1.55. The van der Waals surface area contributed by atoms with E-state index in [1.54, 1.807) is 24.4 Å². The Bertz CT molecular complexity index is 483. The van der Waals surface area contributed by atoms with Gasteiger partial charge < -0.3 is 14.2 Å². The fourth-order valence-electron chi connectivity index (χ4n) is 1.74. The van der Waals surface area contributed by atoms with E-state index in [2.05, 4.69) is 4.98 Å². The first kappa shape index (κ1) is 17.6. The van der Waals surface area contributed by atoms with Gasteiger partial charge in [0.15, 0.2) is 0 Å². The molecule has 0 unspecified atom stereocenters. The lowest BCUT2D eigenvalue weighted by Crippen LogP contribution is -2.43. The molecule has 0 saturated carbocycles. The van der Waals surface area contributed by atoms with Crippen LogP contribution in [0.5, 0.6) is 0 Å². The van der Waals surface area contributed by atoms with Crippen molar-refractivity contribution in [2.75, 3.05) is 19.8 Å². The van der Waals surface area contributed by atoms with Crippen LogP contribution in [0.25, 0.3) is 0 Å². The van der Waals surface area contributed by atoms with Crippen LogP contribution in [0.15, 0.2) is 24.4 Å². The zero-order valence-corrected chi connectivity index (χ0v) is 12.8. The molecule has 0 atom stereocenters. The fourth-order valence-corrected chi connectivity index (χ4v) is 1.74. The summed E-state index contributed by atoms with van der Waals surface area (Å²) in [5.74, 6) is -1.48. The minimum Gasteiger partial charge on any atom is -0.465 e. The van der Waals surface area contributed by atoms with E-state index in [9.17, 15) is 14.4 Å². The normalized spacial score (nSPS) is 10.7. The third kappa shape index (κ3) is 5.51. The van der Waals surface area contributed by atoms with Gasteiger partial charge in [0.1, 0.15) is 25.2 Å². The summed E-state index contributed by atoms with van der Waals surface area (Å²) in [7, 11) is 0. The molecule has 0 spiro atoms. The molecular weight excluding hydrogens is 290 g/mol. The van der Waals surface area contributed by atoms with Gasteiger partial charge in [0.2, 0.25) is 0 Å². The molecule has 1 rings (SSSR count). The van der Waals surface area contributed by atoms with E-state index in [1.807, 2.05) is 0 Å². The maximum Gasteiger partial charge on any atom is 0.302 e. The van der Waals surface area contributed by atoms with Gasteiger partial charge in [0, 0.05) is 27.0 Å². The predicted octanol–water partition coefficient (Wildman–Crippen LogP) is 1.01. The number of carbonyl (C=O) groups excluding carboxylic acids is 3. The molecular formula is C15H19NO6. The highest BCUT2D eigenvalue weighted by Gasteiger charge is 2.38. The van der Waals surface area contributed by atoms with Crippen molar-refractivity contribution < 1.29 is 28.6 Å². The molecule has 0 aliphatic heterocycles. The Kier molecular flexibility index (Phi) is 6.49. The zero-order chi connectivity index (χ0) is 16.6. The Hall–Kier alpha value is -2.44. The highest BCUT2D eigenvalue weighted by atomic mass is 16.6. The maximum absolute atomic E-state index is 11.1. The summed E-state index contributed by atoms with van der Waals surface area (Å²) in [4.78, 5) is 37.6. The highest BCUT2D eigenvalue weighted by Crippen LogP contribution is 2.25. The van der Waals surface area contributed by atoms with Crippen molar-refractivity contribution in [3.05, 3.63) is 30.1 Å². The Labute approximate surface area is 128 Å². The van der Waals surface area contributed by atoms with Crippen LogP contribution < -0.4 is 0 Å². The lowest BCUT2D eigenvalue weighted by molar-refractivity contribution is -0.153. The molecule has 0 radical (unpaired) electrons. The highest BCUT2D eigenvalue weighted by molar-refractivity contribution is 5.67. The maximum atomic E-state index is 11.1. The van der Waals surface area contributed by atoms with Crippen molar-refractivity contribution in [1.82, 2.24) is 4.98 Å². The van der Waals surface area contributed by atoms with Crippen LogP contribution >= 0.6 is 0 Å². The zero-order valence-electron chi connectivity index (χ0n) is 12.8. The number of hydrogen-bond donors (Lipinski definition) is 0. The summed E-state index contributed by atoms with van der Waals surface area (Å²) < 4.78 is 15.2. The number of nitrogens with zero attached hydrogens (tertiary/aromatic N) is 1. The average Bonchev–Trinajstić information content (AvgIpc) is 2.47. The summed E-state index contributed by atoms with van der Waals surface area (Å²) in [5.41, 5.74) is -0.552. The number of aromatic nitrogens is 1. The molecule has 0 saturated heterocycles. The molecule has 7 nitrogen and oxygen atoms in total. The molecule has 120 valence electrons. The van der Waals surface area contributed by atoms with Gasteiger partial charge in [-0.25, -0.2) is 0 Å². The molecule has 0 bridgehead atoms. The number of rotatable bonds is 7. The quantitative estimate of drug-likeness (QED) is 0.548. The second kappa shape index (κ2) is 8.11. The van der Waals surface area contributed by atoms with Crippen LogP contribution in [0.2, 0.25) is 0 Å². The number of carbonyl (C=O) groups is 3. The Morgan fingerprint density at radius 3 is 1.68 bits per heavy atom. The standard InChI is InChI=1S/C15H19NO6/c1-11(17)20-8-15(9-21-12(2)18,10-22-13(3)19)14-6-4-5-7-16-14/h4-7H,8-10H2,1-3H3. The Morgan fingerprint density at radius 2 is 1.36 bits per heavy atom. The van der Waals surface area contributed by atoms with Crippen molar-refractivity contribution in [1.29, 1.82) is 0 Å². The van der Waals surface area contributed by atoms with E-state index >= 15 is 0 Å². The molecule has 1 aromatic heterocycles. The van der Waals surface area contributed by atoms with E-state index < -0.39 is 23.3 Å². The van der Waals surface area contributed by atoms with Crippen molar-refractivity contribution in [2.24, 2.45) is 0 Å². The van der Waals surface area contributed by atoms with Gasteiger partial charge in [0.25, 0.3) is 0 Å². The fraction of sp³-hybridized carbons (Fsp3) is 0.467. The smallest absolute Gasteiger partial charge is 0.302 e. The summed E-state index contributed by atoms with van der Waals surface area (Å²) in [6.45, 7) is 3.42. The van der Waals surface area contributed by atoms with Gasteiger partial charge in [-0.05, 0) is 12.1 Å². The van der Waals surface area contributed by atoms with E-state index in [-0.39, 0.29) is 19.8 Å². The van der Waals surface area contributed by atoms with Crippen molar-refractivity contribution in [2.45, 2.75) is 26.2 Å². The van der Waals surface area contributed by atoms with Crippen molar-refractivity contribution in [3.8, 4) is 0 Å². The van der Waals surface area contributed by atoms with Gasteiger partial charge in [0.05, 0.1) is 5.69 Å². The Morgan fingerprint density at radius 1 is 0.909 bits per heavy atom. The molecule has 22 heavy (non-hydrogen) atoms. The number of ether oxygens (including phenoxy) is 3.